The maximum atomic E-state index is 11.5. The van der Waals surface area contributed by atoms with Gasteiger partial charge >= 0.3 is 0 Å². The molecule has 1 aliphatic rings. The standard InChI is InChI=1S/C10H14N2O3/c13-8-3-1-7(2-4-8)12-10(14)9-5-6-11-15-9/h5-8,13H,1-4H2,(H,12,14). The third-order valence-electron chi connectivity index (χ3n) is 2.69. The summed E-state index contributed by atoms with van der Waals surface area (Å²) in [6, 6.07) is 1.68. The van der Waals surface area contributed by atoms with Gasteiger partial charge < -0.3 is 14.9 Å². The Hall–Kier alpha value is -1.36. The molecule has 2 N–H and O–H groups in total. The highest BCUT2D eigenvalue weighted by Crippen LogP contribution is 2.18. The van der Waals surface area contributed by atoms with E-state index >= 15 is 0 Å². The summed E-state index contributed by atoms with van der Waals surface area (Å²) >= 11 is 0. The second kappa shape index (κ2) is 4.44. The first kappa shape index (κ1) is 10.2. The van der Waals surface area contributed by atoms with Crippen LogP contribution in [-0.4, -0.2) is 28.3 Å². The molecule has 1 aliphatic carbocycles. The molecule has 0 aliphatic heterocycles. The van der Waals surface area contributed by atoms with Crippen molar-refractivity contribution in [3.63, 3.8) is 0 Å². The summed E-state index contributed by atoms with van der Waals surface area (Å²) in [5, 5.41) is 15.6. The van der Waals surface area contributed by atoms with Crippen LogP contribution in [0.15, 0.2) is 16.8 Å². The van der Waals surface area contributed by atoms with Gasteiger partial charge in [-0.3, -0.25) is 4.79 Å². The van der Waals surface area contributed by atoms with Crippen LogP contribution in [0.5, 0.6) is 0 Å². The molecule has 5 nitrogen and oxygen atoms in total. The molecule has 0 spiro atoms. The lowest BCUT2D eigenvalue weighted by molar-refractivity contribution is 0.0835. The second-order valence-electron chi connectivity index (χ2n) is 3.86. The quantitative estimate of drug-likeness (QED) is 0.753. The number of amides is 1. The smallest absolute Gasteiger partial charge is 0.290 e. The number of aliphatic hydroxyl groups excluding tert-OH is 1. The van der Waals surface area contributed by atoms with Gasteiger partial charge in [-0.1, -0.05) is 5.16 Å². The van der Waals surface area contributed by atoms with Gasteiger partial charge in [-0.25, -0.2) is 0 Å². The molecule has 0 atom stereocenters. The van der Waals surface area contributed by atoms with Gasteiger partial charge in [0, 0.05) is 12.1 Å². The van der Waals surface area contributed by atoms with Gasteiger partial charge in [0.15, 0.2) is 0 Å². The highest BCUT2D eigenvalue weighted by molar-refractivity contribution is 5.91. The van der Waals surface area contributed by atoms with Crippen LogP contribution in [-0.2, 0) is 0 Å². The zero-order valence-electron chi connectivity index (χ0n) is 8.35. The number of nitrogens with zero attached hydrogens (tertiary/aromatic N) is 1. The van der Waals surface area contributed by atoms with Crippen molar-refractivity contribution in [1.29, 1.82) is 0 Å². The predicted molar refractivity (Wildman–Crippen MR) is 52.2 cm³/mol. The van der Waals surface area contributed by atoms with E-state index < -0.39 is 0 Å². The highest BCUT2D eigenvalue weighted by Gasteiger charge is 2.22. The summed E-state index contributed by atoms with van der Waals surface area (Å²) in [6.07, 6.45) is 4.38. The SMILES string of the molecule is O=C(NC1CCC(O)CC1)c1ccno1. The number of hydrogen-bond acceptors (Lipinski definition) is 4. The van der Waals surface area contributed by atoms with E-state index in [1.807, 2.05) is 0 Å². The van der Waals surface area contributed by atoms with E-state index in [2.05, 4.69) is 10.5 Å². The number of rotatable bonds is 2. The topological polar surface area (TPSA) is 75.4 Å². The van der Waals surface area contributed by atoms with Crippen LogP contribution < -0.4 is 5.32 Å². The van der Waals surface area contributed by atoms with E-state index in [9.17, 15) is 9.90 Å². The molecule has 15 heavy (non-hydrogen) atoms. The third-order valence-corrected chi connectivity index (χ3v) is 2.69. The Bertz CT molecular complexity index is 315. The minimum Gasteiger partial charge on any atom is -0.393 e. The molecular formula is C10H14N2O3. The second-order valence-corrected chi connectivity index (χ2v) is 3.86. The molecule has 1 saturated carbocycles. The first-order valence-electron chi connectivity index (χ1n) is 5.15. The first-order valence-corrected chi connectivity index (χ1v) is 5.15. The fourth-order valence-corrected chi connectivity index (χ4v) is 1.81. The van der Waals surface area contributed by atoms with Crippen LogP contribution in [0.25, 0.3) is 0 Å². The fourth-order valence-electron chi connectivity index (χ4n) is 1.81. The van der Waals surface area contributed by atoms with Gasteiger partial charge in [-0.05, 0) is 25.7 Å². The van der Waals surface area contributed by atoms with E-state index in [-0.39, 0.29) is 23.8 Å². The zero-order chi connectivity index (χ0) is 10.7. The number of carbonyl (C=O) groups is 1. The van der Waals surface area contributed by atoms with Crippen LogP contribution in [0.4, 0.5) is 0 Å². The molecule has 82 valence electrons. The van der Waals surface area contributed by atoms with Crippen molar-refractivity contribution in [1.82, 2.24) is 10.5 Å². The number of nitrogens with one attached hydrogen (secondary N) is 1. The normalized spacial score (nSPS) is 26.2. The minimum atomic E-state index is -0.228. The Kier molecular flexibility index (Phi) is 3.01. The summed E-state index contributed by atoms with van der Waals surface area (Å²) in [5.74, 6) is 0.00927. The largest absolute Gasteiger partial charge is 0.393 e. The van der Waals surface area contributed by atoms with Crippen molar-refractivity contribution in [3.05, 3.63) is 18.0 Å². The first-order chi connectivity index (χ1) is 7.25. The molecular weight excluding hydrogens is 196 g/mol. The van der Waals surface area contributed by atoms with Gasteiger partial charge in [0.05, 0.1) is 12.3 Å². The van der Waals surface area contributed by atoms with Crippen LogP contribution in [0.1, 0.15) is 36.2 Å². The molecule has 5 heteroatoms. The van der Waals surface area contributed by atoms with Crippen molar-refractivity contribution in [2.24, 2.45) is 0 Å². The average molecular weight is 210 g/mol. The maximum absolute atomic E-state index is 11.5. The molecule has 1 aromatic heterocycles. The van der Waals surface area contributed by atoms with E-state index in [0.29, 0.717) is 0 Å². The third kappa shape index (κ3) is 2.56. The predicted octanol–water partition coefficient (Wildman–Crippen LogP) is 0.708. The molecule has 1 heterocycles. The molecule has 2 rings (SSSR count). The molecule has 1 fully saturated rings. The van der Waals surface area contributed by atoms with Crippen LogP contribution >= 0.6 is 0 Å². The summed E-state index contributed by atoms with van der Waals surface area (Å²) < 4.78 is 4.75. The molecule has 1 aromatic rings. The molecule has 0 bridgehead atoms. The van der Waals surface area contributed by atoms with Gasteiger partial charge in [-0.2, -0.15) is 0 Å². The monoisotopic (exact) mass is 210 g/mol. The van der Waals surface area contributed by atoms with Gasteiger partial charge in [0.25, 0.3) is 5.91 Å². The van der Waals surface area contributed by atoms with E-state index in [1.54, 1.807) is 0 Å². The summed E-state index contributed by atoms with van der Waals surface area (Å²) in [6.45, 7) is 0. The number of aromatic nitrogens is 1. The Morgan fingerprint density at radius 1 is 1.47 bits per heavy atom. The highest BCUT2D eigenvalue weighted by atomic mass is 16.5. The molecule has 0 unspecified atom stereocenters. The van der Waals surface area contributed by atoms with E-state index in [1.165, 1.54) is 12.3 Å². The lowest BCUT2D eigenvalue weighted by Gasteiger charge is -2.25. The van der Waals surface area contributed by atoms with Crippen LogP contribution in [0.3, 0.4) is 0 Å². The van der Waals surface area contributed by atoms with E-state index in [4.69, 9.17) is 4.52 Å². The summed E-state index contributed by atoms with van der Waals surface area (Å²) in [7, 11) is 0. The van der Waals surface area contributed by atoms with Crippen molar-refractivity contribution in [2.45, 2.75) is 37.8 Å². The molecule has 0 aromatic carbocycles. The lowest BCUT2D eigenvalue weighted by atomic mass is 9.93. The van der Waals surface area contributed by atoms with Crippen molar-refractivity contribution < 1.29 is 14.4 Å². The van der Waals surface area contributed by atoms with Gasteiger partial charge in [0.1, 0.15) is 0 Å². The Morgan fingerprint density at radius 2 is 2.20 bits per heavy atom. The van der Waals surface area contributed by atoms with Gasteiger partial charge in [0.2, 0.25) is 5.76 Å². The average Bonchev–Trinajstić information content (AvgIpc) is 2.74. The Labute approximate surface area is 87.5 Å². The molecule has 0 saturated heterocycles. The number of aliphatic hydroxyl groups is 1. The van der Waals surface area contributed by atoms with Gasteiger partial charge in [-0.15, -0.1) is 0 Å². The minimum absolute atomic E-state index is 0.144. The van der Waals surface area contributed by atoms with Crippen molar-refractivity contribution in [2.75, 3.05) is 0 Å². The van der Waals surface area contributed by atoms with Crippen molar-refractivity contribution >= 4 is 5.91 Å². The number of carbonyl (C=O) groups excluding carboxylic acids is 1. The summed E-state index contributed by atoms with van der Waals surface area (Å²) in [5.41, 5.74) is 0. The van der Waals surface area contributed by atoms with E-state index in [0.717, 1.165) is 25.7 Å². The fraction of sp³-hybridized carbons (Fsp3) is 0.600. The zero-order valence-corrected chi connectivity index (χ0v) is 8.35. The molecule has 0 radical (unpaired) electrons. The Morgan fingerprint density at radius 3 is 2.80 bits per heavy atom. The molecule has 1 amide bonds. The van der Waals surface area contributed by atoms with Crippen LogP contribution in [0, 0.1) is 0 Å². The maximum Gasteiger partial charge on any atom is 0.290 e. The van der Waals surface area contributed by atoms with Crippen LogP contribution in [0.2, 0.25) is 0 Å². The van der Waals surface area contributed by atoms with Crippen molar-refractivity contribution in [3.8, 4) is 0 Å². The number of hydrogen-bond donors (Lipinski definition) is 2. The lowest BCUT2D eigenvalue weighted by Crippen LogP contribution is -2.38. The summed E-state index contributed by atoms with van der Waals surface area (Å²) in [4.78, 5) is 11.5. The Balaban J connectivity index is 1.85.